The van der Waals surface area contributed by atoms with Gasteiger partial charge in [-0.2, -0.15) is 0 Å². The Bertz CT molecular complexity index is 668. The van der Waals surface area contributed by atoms with Crippen molar-refractivity contribution in [2.24, 2.45) is 0 Å². The van der Waals surface area contributed by atoms with E-state index in [1.54, 1.807) is 0 Å². The van der Waals surface area contributed by atoms with Gasteiger partial charge in [-0.15, -0.1) is 0 Å². The lowest BCUT2D eigenvalue weighted by Crippen LogP contribution is -2.30. The lowest BCUT2D eigenvalue weighted by Gasteiger charge is -2.19. The van der Waals surface area contributed by atoms with Crippen molar-refractivity contribution in [1.29, 1.82) is 0 Å². The molecule has 0 saturated carbocycles. The van der Waals surface area contributed by atoms with Crippen LogP contribution in [0.1, 0.15) is 23.2 Å². The fraction of sp³-hybridized carbons (Fsp3) is 0.400. The first-order valence-corrected chi connectivity index (χ1v) is 6.87. The molecule has 0 saturated heterocycles. The van der Waals surface area contributed by atoms with Crippen LogP contribution >= 0.6 is 0 Å². The summed E-state index contributed by atoms with van der Waals surface area (Å²) in [6.07, 6.45) is 0.127. The lowest BCUT2D eigenvalue weighted by molar-refractivity contribution is -0.137. The standard InChI is InChI=1S/C15H17NO7/c1-21-9-7-8-11(14(23-3)13(9)22-2)12(19)15(20)16(8)6-4-5-10(17)18/h7H,4-6H2,1-3H3,(H,17,18). The van der Waals surface area contributed by atoms with Crippen molar-refractivity contribution < 1.29 is 33.7 Å². The van der Waals surface area contributed by atoms with E-state index < -0.39 is 17.7 Å². The first kappa shape index (κ1) is 16.6. The molecule has 0 aromatic heterocycles. The Kier molecular flexibility index (Phi) is 4.73. The second-order valence-corrected chi connectivity index (χ2v) is 4.82. The number of fused-ring (bicyclic) bond motifs is 1. The fourth-order valence-corrected chi connectivity index (χ4v) is 2.52. The van der Waals surface area contributed by atoms with Gasteiger partial charge in [0.05, 0.1) is 32.6 Å². The summed E-state index contributed by atoms with van der Waals surface area (Å²) in [6, 6.07) is 1.51. The molecule has 124 valence electrons. The molecule has 23 heavy (non-hydrogen) atoms. The van der Waals surface area contributed by atoms with Crippen molar-refractivity contribution in [1.82, 2.24) is 0 Å². The summed E-state index contributed by atoms with van der Waals surface area (Å²) in [7, 11) is 4.19. The third-order valence-electron chi connectivity index (χ3n) is 3.54. The number of amides is 1. The summed E-state index contributed by atoms with van der Waals surface area (Å²) in [5, 5.41) is 8.71. The summed E-state index contributed by atoms with van der Waals surface area (Å²) in [6.45, 7) is 0.114. The van der Waals surface area contributed by atoms with Crippen LogP contribution in [0.15, 0.2) is 6.07 Å². The number of ether oxygens (including phenoxy) is 3. The van der Waals surface area contributed by atoms with Crippen molar-refractivity contribution in [2.75, 3.05) is 32.8 Å². The fourth-order valence-electron chi connectivity index (χ4n) is 2.52. The molecule has 0 radical (unpaired) electrons. The smallest absolute Gasteiger partial charge is 0.303 e. The van der Waals surface area contributed by atoms with Crippen LogP contribution in [0.25, 0.3) is 0 Å². The Morgan fingerprint density at radius 3 is 2.30 bits per heavy atom. The first-order valence-electron chi connectivity index (χ1n) is 6.87. The number of carboxylic acids is 1. The number of ketones is 1. The lowest BCUT2D eigenvalue weighted by atomic mass is 10.1. The van der Waals surface area contributed by atoms with Gasteiger partial charge < -0.3 is 24.2 Å². The quantitative estimate of drug-likeness (QED) is 0.750. The molecule has 0 spiro atoms. The monoisotopic (exact) mass is 323 g/mol. The van der Waals surface area contributed by atoms with Gasteiger partial charge in [0.25, 0.3) is 11.7 Å². The molecule has 8 heteroatoms. The number of benzene rings is 1. The van der Waals surface area contributed by atoms with Gasteiger partial charge in [0.1, 0.15) is 0 Å². The van der Waals surface area contributed by atoms with Crippen molar-refractivity contribution >= 4 is 23.3 Å². The van der Waals surface area contributed by atoms with Gasteiger partial charge in [0.15, 0.2) is 11.5 Å². The van der Waals surface area contributed by atoms with Gasteiger partial charge in [-0.05, 0) is 6.42 Å². The van der Waals surface area contributed by atoms with Crippen LogP contribution in [0, 0.1) is 0 Å². The number of nitrogens with zero attached hydrogens (tertiary/aromatic N) is 1. The van der Waals surface area contributed by atoms with Crippen LogP contribution in [-0.4, -0.2) is 50.6 Å². The van der Waals surface area contributed by atoms with E-state index in [2.05, 4.69) is 0 Å². The molecule has 1 amide bonds. The van der Waals surface area contributed by atoms with Gasteiger partial charge >= 0.3 is 5.97 Å². The maximum atomic E-state index is 12.3. The van der Waals surface area contributed by atoms with Crippen molar-refractivity contribution in [3.63, 3.8) is 0 Å². The highest BCUT2D eigenvalue weighted by atomic mass is 16.5. The predicted octanol–water partition coefficient (Wildman–Crippen LogP) is 1.11. The molecule has 1 aliphatic heterocycles. The highest BCUT2D eigenvalue weighted by molar-refractivity contribution is 6.53. The summed E-state index contributed by atoms with van der Waals surface area (Å²) < 4.78 is 15.7. The first-order chi connectivity index (χ1) is 11.0. The largest absolute Gasteiger partial charge is 0.493 e. The molecular formula is C15H17NO7. The zero-order chi connectivity index (χ0) is 17.1. The van der Waals surface area contributed by atoms with E-state index in [1.165, 1.54) is 32.3 Å². The molecule has 1 aliphatic rings. The number of methoxy groups -OCH3 is 3. The Labute approximate surface area is 132 Å². The minimum absolute atomic E-state index is 0.0995. The molecule has 2 rings (SSSR count). The number of anilines is 1. The molecule has 8 nitrogen and oxygen atoms in total. The van der Waals surface area contributed by atoms with Crippen LogP contribution in [0.2, 0.25) is 0 Å². The minimum atomic E-state index is -0.965. The van der Waals surface area contributed by atoms with Crippen molar-refractivity contribution in [3.05, 3.63) is 11.6 Å². The zero-order valence-electron chi connectivity index (χ0n) is 13.0. The van der Waals surface area contributed by atoms with E-state index in [9.17, 15) is 14.4 Å². The zero-order valence-corrected chi connectivity index (χ0v) is 13.0. The van der Waals surface area contributed by atoms with Gasteiger partial charge in [-0.1, -0.05) is 0 Å². The number of carboxylic acid groups (broad SMARTS) is 1. The van der Waals surface area contributed by atoms with Crippen LogP contribution in [0.3, 0.4) is 0 Å². The van der Waals surface area contributed by atoms with Crippen molar-refractivity contribution in [3.8, 4) is 17.2 Å². The normalized spacial score (nSPS) is 13.1. The van der Waals surface area contributed by atoms with Gasteiger partial charge in [0, 0.05) is 19.0 Å². The Morgan fingerprint density at radius 2 is 1.78 bits per heavy atom. The molecule has 1 N–H and O–H groups in total. The van der Waals surface area contributed by atoms with E-state index in [0.717, 1.165) is 0 Å². The highest BCUT2D eigenvalue weighted by Crippen LogP contribution is 2.48. The topological polar surface area (TPSA) is 102 Å². The predicted molar refractivity (Wildman–Crippen MR) is 79.7 cm³/mol. The third-order valence-corrected chi connectivity index (χ3v) is 3.54. The van der Waals surface area contributed by atoms with E-state index in [4.69, 9.17) is 19.3 Å². The van der Waals surface area contributed by atoms with Crippen LogP contribution in [0.5, 0.6) is 17.2 Å². The number of aliphatic carboxylic acids is 1. The van der Waals surface area contributed by atoms with Gasteiger partial charge in [-0.3, -0.25) is 14.4 Å². The average molecular weight is 323 g/mol. The number of carbonyl (C=O) groups is 3. The average Bonchev–Trinajstić information content (AvgIpc) is 2.77. The van der Waals surface area contributed by atoms with E-state index in [-0.39, 0.29) is 36.4 Å². The number of hydrogen-bond donors (Lipinski definition) is 1. The molecule has 1 aromatic rings. The van der Waals surface area contributed by atoms with Crippen LogP contribution in [0.4, 0.5) is 5.69 Å². The molecule has 0 bridgehead atoms. The van der Waals surface area contributed by atoms with Crippen molar-refractivity contribution in [2.45, 2.75) is 12.8 Å². The second kappa shape index (κ2) is 6.55. The summed E-state index contributed by atoms with van der Waals surface area (Å²) >= 11 is 0. The molecule has 0 fully saturated rings. The van der Waals surface area contributed by atoms with Gasteiger partial charge in [-0.25, -0.2) is 0 Å². The number of rotatable bonds is 7. The summed E-state index contributed by atoms with van der Waals surface area (Å²) in [5.41, 5.74) is 0.436. The number of hydrogen-bond acceptors (Lipinski definition) is 6. The highest BCUT2D eigenvalue weighted by Gasteiger charge is 2.40. The molecule has 1 heterocycles. The second-order valence-electron chi connectivity index (χ2n) is 4.82. The molecule has 1 aromatic carbocycles. The van der Waals surface area contributed by atoms with Crippen LogP contribution in [-0.2, 0) is 9.59 Å². The summed E-state index contributed by atoms with van der Waals surface area (Å²) in [5.74, 6) is -1.74. The number of Topliss-reactive ketones (excluding diaryl/α,β-unsaturated/α-hetero) is 1. The van der Waals surface area contributed by atoms with Crippen LogP contribution < -0.4 is 19.1 Å². The number of carbonyl (C=O) groups excluding carboxylic acids is 2. The van der Waals surface area contributed by atoms with E-state index in [1.807, 2.05) is 0 Å². The molecule has 0 unspecified atom stereocenters. The molecule has 0 aliphatic carbocycles. The molecule has 0 atom stereocenters. The van der Waals surface area contributed by atoms with E-state index >= 15 is 0 Å². The Hall–Kier alpha value is -2.77. The SMILES string of the molecule is COc1cc2c(c(OC)c1OC)C(=O)C(=O)N2CCCC(=O)O. The molecular weight excluding hydrogens is 306 g/mol. The Balaban J connectivity index is 2.49. The van der Waals surface area contributed by atoms with Gasteiger partial charge in [0.2, 0.25) is 5.75 Å². The third kappa shape index (κ3) is 2.79. The van der Waals surface area contributed by atoms with E-state index in [0.29, 0.717) is 11.4 Å². The minimum Gasteiger partial charge on any atom is -0.493 e. The maximum absolute atomic E-state index is 12.3. The maximum Gasteiger partial charge on any atom is 0.303 e. The summed E-state index contributed by atoms with van der Waals surface area (Å²) in [4.78, 5) is 36.3. The Morgan fingerprint density at radius 1 is 1.13 bits per heavy atom.